The van der Waals surface area contributed by atoms with Crippen molar-refractivity contribution < 1.29 is 27.1 Å². The first-order valence-corrected chi connectivity index (χ1v) is 16.7. The van der Waals surface area contributed by atoms with E-state index in [0.717, 1.165) is 11.8 Å². The zero-order valence-electron chi connectivity index (χ0n) is 26.7. The number of rotatable bonds is 11. The number of hydrogen-bond acceptors (Lipinski definition) is 6. The number of nitrogens with zero attached hydrogens (tertiary/aromatic N) is 3. The van der Waals surface area contributed by atoms with Crippen molar-refractivity contribution in [1.82, 2.24) is 20.2 Å². The summed E-state index contributed by atoms with van der Waals surface area (Å²) in [5.74, 6) is -1.20. The Balaban J connectivity index is 1.72. The molecule has 0 saturated carbocycles. The summed E-state index contributed by atoms with van der Waals surface area (Å²) in [6, 6.07) is 23.7. The zero-order chi connectivity index (χ0) is 33.9. The molecule has 10 nitrogen and oxygen atoms in total. The predicted molar refractivity (Wildman–Crippen MR) is 180 cm³/mol. The van der Waals surface area contributed by atoms with Crippen molar-refractivity contribution in [1.29, 1.82) is 0 Å². The third-order valence-corrected chi connectivity index (χ3v) is 9.03. The van der Waals surface area contributed by atoms with Crippen LogP contribution in [0.2, 0.25) is 0 Å². The van der Waals surface area contributed by atoms with Gasteiger partial charge in [0.2, 0.25) is 10.0 Å². The summed E-state index contributed by atoms with van der Waals surface area (Å²) in [6.45, 7) is 3.92. The minimum absolute atomic E-state index is 0.00628. The second-order valence-corrected chi connectivity index (χ2v) is 13.5. The number of carbonyl (C=O) groups excluding carboxylic acids is 2. The van der Waals surface area contributed by atoms with Gasteiger partial charge in [0.1, 0.15) is 11.5 Å². The van der Waals surface area contributed by atoms with E-state index in [4.69, 9.17) is 4.74 Å². The highest BCUT2D eigenvalue weighted by Crippen LogP contribution is 2.37. The third kappa shape index (κ3) is 7.03. The molecule has 0 aliphatic rings. The van der Waals surface area contributed by atoms with Gasteiger partial charge in [-0.2, -0.15) is 5.10 Å². The molecule has 2 heterocycles. The number of benzene rings is 3. The predicted octanol–water partition coefficient (Wildman–Crippen LogP) is 5.24. The molecule has 0 radical (unpaired) electrons. The number of nitrogens with one attached hydrogen (secondary N) is 2. The van der Waals surface area contributed by atoms with Gasteiger partial charge in [-0.1, -0.05) is 42.5 Å². The van der Waals surface area contributed by atoms with Crippen molar-refractivity contribution in [2.45, 2.75) is 19.4 Å². The Morgan fingerprint density at radius 3 is 2.30 bits per heavy atom. The van der Waals surface area contributed by atoms with Gasteiger partial charge in [0.15, 0.2) is 0 Å². The molecule has 244 valence electrons. The Hall–Kier alpha value is -5.07. The summed E-state index contributed by atoms with van der Waals surface area (Å²) in [7, 11) is -0.875. The fourth-order valence-electron chi connectivity index (χ4n) is 5.42. The average Bonchev–Trinajstić information content (AvgIpc) is 3.42. The lowest BCUT2D eigenvalue weighted by Crippen LogP contribution is -2.40. The van der Waals surface area contributed by atoms with E-state index in [9.17, 15) is 22.4 Å². The van der Waals surface area contributed by atoms with Crippen LogP contribution >= 0.6 is 0 Å². The first-order valence-electron chi connectivity index (χ1n) is 14.8. The van der Waals surface area contributed by atoms with Crippen molar-refractivity contribution >= 4 is 33.0 Å². The quantitative estimate of drug-likeness (QED) is 0.200. The normalized spacial score (nSPS) is 11.8. The van der Waals surface area contributed by atoms with E-state index in [0.29, 0.717) is 27.8 Å². The summed E-state index contributed by atoms with van der Waals surface area (Å²) in [4.78, 5) is 26.9. The second kappa shape index (κ2) is 13.3. The van der Waals surface area contributed by atoms with E-state index >= 15 is 0 Å². The highest BCUT2D eigenvalue weighted by atomic mass is 32.2. The van der Waals surface area contributed by atoms with Gasteiger partial charge in [0, 0.05) is 30.8 Å². The lowest BCUT2D eigenvalue weighted by atomic mass is 9.93. The summed E-state index contributed by atoms with van der Waals surface area (Å²) in [5.41, 5.74) is 3.21. The molecule has 0 saturated heterocycles. The van der Waals surface area contributed by atoms with Gasteiger partial charge in [0.25, 0.3) is 11.8 Å². The number of amides is 2. The Labute approximate surface area is 273 Å². The minimum atomic E-state index is -3.84. The molecule has 0 spiro atoms. The molecule has 0 bridgehead atoms. The molecule has 12 heteroatoms. The molecule has 5 rings (SSSR count). The number of hydrogen-bond donors (Lipinski definition) is 2. The zero-order valence-corrected chi connectivity index (χ0v) is 27.6. The summed E-state index contributed by atoms with van der Waals surface area (Å²) in [6.07, 6.45) is 2.63. The molecule has 5 aromatic rings. The van der Waals surface area contributed by atoms with Gasteiger partial charge in [-0.05, 0) is 67.4 Å². The van der Waals surface area contributed by atoms with Crippen molar-refractivity contribution in [2.24, 2.45) is 0 Å². The highest BCUT2D eigenvalue weighted by Gasteiger charge is 2.28. The number of halogens is 1. The number of fused-ring (bicyclic) bond motifs is 1. The van der Waals surface area contributed by atoms with Crippen LogP contribution in [-0.2, 0) is 20.3 Å². The van der Waals surface area contributed by atoms with Gasteiger partial charge in [-0.15, -0.1) is 0 Å². The van der Waals surface area contributed by atoms with E-state index in [-0.39, 0.29) is 36.0 Å². The van der Waals surface area contributed by atoms with Gasteiger partial charge in [0.05, 0.1) is 47.9 Å². The molecule has 47 heavy (non-hydrogen) atoms. The monoisotopic (exact) mass is 657 g/mol. The van der Waals surface area contributed by atoms with E-state index in [1.807, 2.05) is 44.2 Å². The van der Waals surface area contributed by atoms with Crippen LogP contribution in [0.5, 0.6) is 0 Å². The molecular weight excluding hydrogens is 621 g/mol. The van der Waals surface area contributed by atoms with Crippen LogP contribution in [0.15, 0.2) is 91.1 Å². The molecule has 2 aromatic heterocycles. The number of aromatic nitrogens is 2. The standard InChI is InChI=1S/C35H36FN5O5S/c1-35(2,26-12-7-6-8-13-26)38-33(42)25-11-9-10-24(20-25)28-21-29-31(34(43)37-3)32(23-14-16-27(36)17-15-23)39-40(29)22-30(28)41(18-19-46-4)47(5,44)45/h6-17,20-22H,18-19H2,1-5H3,(H,37,43)(H,38,42). The molecule has 2 N–H and O–H groups in total. The maximum Gasteiger partial charge on any atom is 0.255 e. The Morgan fingerprint density at radius 2 is 1.66 bits per heavy atom. The first kappa shape index (κ1) is 33.3. The number of anilines is 1. The van der Waals surface area contributed by atoms with Crippen LogP contribution in [0, 0.1) is 5.82 Å². The molecule has 0 aliphatic heterocycles. The fraction of sp³-hybridized carbons (Fsp3) is 0.229. The number of sulfonamides is 1. The largest absolute Gasteiger partial charge is 0.383 e. The lowest BCUT2D eigenvalue weighted by molar-refractivity contribution is 0.0910. The average molecular weight is 658 g/mol. The molecule has 0 aliphatic carbocycles. The smallest absolute Gasteiger partial charge is 0.255 e. The lowest BCUT2D eigenvalue weighted by Gasteiger charge is -2.27. The molecular formula is C35H36FN5O5S. The minimum Gasteiger partial charge on any atom is -0.383 e. The molecule has 0 unspecified atom stereocenters. The van der Waals surface area contributed by atoms with Gasteiger partial charge >= 0.3 is 0 Å². The Morgan fingerprint density at radius 1 is 0.957 bits per heavy atom. The van der Waals surface area contributed by atoms with Crippen molar-refractivity contribution in [3.05, 3.63) is 114 Å². The molecule has 0 fully saturated rings. The number of ether oxygens (including phenoxy) is 1. The molecule has 0 atom stereocenters. The summed E-state index contributed by atoms with van der Waals surface area (Å²) >= 11 is 0. The van der Waals surface area contributed by atoms with Crippen LogP contribution < -0.4 is 14.9 Å². The van der Waals surface area contributed by atoms with Crippen LogP contribution in [0.4, 0.5) is 10.1 Å². The topological polar surface area (TPSA) is 122 Å². The van der Waals surface area contributed by atoms with Crippen LogP contribution in [0.25, 0.3) is 27.9 Å². The molecule has 2 amide bonds. The van der Waals surface area contributed by atoms with E-state index in [1.54, 1.807) is 30.3 Å². The number of methoxy groups -OCH3 is 1. The van der Waals surface area contributed by atoms with Crippen molar-refractivity contribution in [3.63, 3.8) is 0 Å². The van der Waals surface area contributed by atoms with Crippen LogP contribution in [0.3, 0.4) is 0 Å². The van der Waals surface area contributed by atoms with Crippen LogP contribution in [0.1, 0.15) is 40.1 Å². The fourth-order valence-corrected chi connectivity index (χ4v) is 6.33. The summed E-state index contributed by atoms with van der Waals surface area (Å²) < 4.78 is 48.0. The van der Waals surface area contributed by atoms with Gasteiger partial charge in [-0.3, -0.25) is 13.9 Å². The summed E-state index contributed by atoms with van der Waals surface area (Å²) in [5, 5.41) is 10.4. The van der Waals surface area contributed by atoms with Crippen molar-refractivity contribution in [2.75, 3.05) is 37.9 Å². The van der Waals surface area contributed by atoms with E-state index in [2.05, 4.69) is 15.7 Å². The van der Waals surface area contributed by atoms with Crippen molar-refractivity contribution in [3.8, 4) is 22.4 Å². The number of carbonyl (C=O) groups is 2. The Bertz CT molecular complexity index is 2040. The number of pyridine rings is 1. The van der Waals surface area contributed by atoms with Crippen LogP contribution in [-0.4, -0.2) is 63.4 Å². The third-order valence-electron chi connectivity index (χ3n) is 7.85. The Kier molecular flexibility index (Phi) is 9.45. The SMILES string of the molecule is CNC(=O)c1c(-c2ccc(F)cc2)nn2cc(N(CCOC)S(C)(=O)=O)c(-c3cccc(C(=O)NC(C)(C)c4ccccc4)c3)cc12. The van der Waals surface area contributed by atoms with Gasteiger partial charge < -0.3 is 15.4 Å². The van der Waals surface area contributed by atoms with E-state index in [1.165, 1.54) is 53.4 Å². The maximum atomic E-state index is 13.8. The highest BCUT2D eigenvalue weighted by molar-refractivity contribution is 7.92. The van der Waals surface area contributed by atoms with Gasteiger partial charge in [-0.25, -0.2) is 17.3 Å². The second-order valence-electron chi connectivity index (χ2n) is 11.6. The first-order chi connectivity index (χ1) is 22.3. The maximum absolute atomic E-state index is 13.8. The molecule has 3 aromatic carbocycles. The van der Waals surface area contributed by atoms with E-state index < -0.39 is 27.3 Å².